The van der Waals surface area contributed by atoms with Crippen LogP contribution >= 0.6 is 0 Å². The van der Waals surface area contributed by atoms with Gasteiger partial charge in [-0.25, -0.2) is 4.98 Å². The molecule has 23 heavy (non-hydrogen) atoms. The van der Waals surface area contributed by atoms with E-state index >= 15 is 0 Å². The number of pyridine rings is 1. The number of aromatic amines is 1. The minimum atomic E-state index is -0.252. The second kappa shape index (κ2) is 7.23. The lowest BCUT2D eigenvalue weighted by Gasteiger charge is -2.30. The Labute approximate surface area is 134 Å². The van der Waals surface area contributed by atoms with Crippen LogP contribution in [-0.4, -0.2) is 34.8 Å². The molecule has 2 aromatic heterocycles. The van der Waals surface area contributed by atoms with Crippen LogP contribution in [0.3, 0.4) is 0 Å². The third-order valence-electron chi connectivity index (χ3n) is 4.00. The highest BCUT2D eigenvalue weighted by atomic mass is 16.5. The lowest BCUT2D eigenvalue weighted by Crippen LogP contribution is -2.37. The first-order valence-electron chi connectivity index (χ1n) is 7.65. The maximum Gasteiger partial charge on any atom is 0.226 e. The number of aromatic nitrogens is 3. The number of H-pyrrole nitrogens is 1. The summed E-state index contributed by atoms with van der Waals surface area (Å²) in [5.41, 5.74) is 1.75. The van der Waals surface area contributed by atoms with Crippen molar-refractivity contribution in [1.82, 2.24) is 20.5 Å². The maximum absolute atomic E-state index is 12.6. The first-order chi connectivity index (χ1) is 11.3. The summed E-state index contributed by atoms with van der Waals surface area (Å²) >= 11 is 0. The molecule has 0 bridgehead atoms. The Morgan fingerprint density at radius 2 is 2.48 bits per heavy atom. The predicted octanol–water partition coefficient (Wildman–Crippen LogP) is 1.60. The number of amides is 1. The number of carbonyl (C=O) groups excluding carboxylic acids is 1. The number of rotatable bonds is 5. The number of hydrogen-bond donors (Lipinski definition) is 2. The quantitative estimate of drug-likeness (QED) is 0.874. The van der Waals surface area contributed by atoms with Crippen molar-refractivity contribution in [2.24, 2.45) is 5.92 Å². The number of ether oxygens (including phenoxy) is 2. The summed E-state index contributed by atoms with van der Waals surface area (Å²) in [5, 5.41) is 9.68. The molecule has 2 N–H and O–H groups in total. The molecule has 1 amide bonds. The van der Waals surface area contributed by atoms with Crippen molar-refractivity contribution in [3.63, 3.8) is 0 Å². The Morgan fingerprint density at radius 3 is 3.26 bits per heavy atom. The van der Waals surface area contributed by atoms with Crippen molar-refractivity contribution >= 4 is 5.91 Å². The second-order valence-electron chi connectivity index (χ2n) is 5.46. The molecule has 0 radical (unpaired) electrons. The number of methoxy groups -OCH3 is 1. The molecule has 2 atom stereocenters. The summed E-state index contributed by atoms with van der Waals surface area (Å²) in [7, 11) is 1.57. The SMILES string of the molecule is COc1ncccc1CNC(=O)[C@@H]1CCCO[C@H]1c1cn[nH]c1. The lowest BCUT2D eigenvalue weighted by atomic mass is 9.90. The van der Waals surface area contributed by atoms with E-state index in [9.17, 15) is 4.79 Å². The van der Waals surface area contributed by atoms with Crippen LogP contribution in [0.25, 0.3) is 0 Å². The summed E-state index contributed by atoms with van der Waals surface area (Å²) in [4.78, 5) is 16.7. The number of nitrogens with one attached hydrogen (secondary N) is 2. The van der Waals surface area contributed by atoms with Crippen LogP contribution in [0.5, 0.6) is 5.88 Å². The van der Waals surface area contributed by atoms with Gasteiger partial charge in [0.05, 0.1) is 25.3 Å². The van der Waals surface area contributed by atoms with Gasteiger partial charge in [-0.05, 0) is 18.9 Å². The van der Waals surface area contributed by atoms with Gasteiger partial charge in [-0.15, -0.1) is 0 Å². The molecular weight excluding hydrogens is 296 g/mol. The van der Waals surface area contributed by atoms with Crippen molar-refractivity contribution < 1.29 is 14.3 Å². The van der Waals surface area contributed by atoms with E-state index in [0.717, 1.165) is 24.0 Å². The van der Waals surface area contributed by atoms with E-state index in [1.54, 1.807) is 25.7 Å². The molecule has 2 aromatic rings. The minimum Gasteiger partial charge on any atom is -0.481 e. The Morgan fingerprint density at radius 1 is 1.57 bits per heavy atom. The van der Waals surface area contributed by atoms with E-state index in [1.165, 1.54) is 0 Å². The predicted molar refractivity (Wildman–Crippen MR) is 82.6 cm³/mol. The normalized spacial score (nSPS) is 20.9. The molecule has 7 nitrogen and oxygen atoms in total. The van der Waals surface area contributed by atoms with Crippen LogP contribution in [0.4, 0.5) is 0 Å². The van der Waals surface area contributed by atoms with Gasteiger partial charge >= 0.3 is 0 Å². The van der Waals surface area contributed by atoms with Gasteiger partial charge in [0, 0.05) is 36.7 Å². The number of hydrogen-bond acceptors (Lipinski definition) is 5. The molecular formula is C16H20N4O3. The van der Waals surface area contributed by atoms with Gasteiger partial charge in [-0.3, -0.25) is 9.89 Å². The molecule has 1 aliphatic heterocycles. The topological polar surface area (TPSA) is 89.1 Å². The highest BCUT2D eigenvalue weighted by Crippen LogP contribution is 2.33. The summed E-state index contributed by atoms with van der Waals surface area (Å²) in [6, 6.07) is 3.71. The van der Waals surface area contributed by atoms with E-state index in [2.05, 4.69) is 20.5 Å². The van der Waals surface area contributed by atoms with Crippen molar-refractivity contribution in [2.45, 2.75) is 25.5 Å². The van der Waals surface area contributed by atoms with Crippen LogP contribution in [0.1, 0.15) is 30.1 Å². The highest BCUT2D eigenvalue weighted by Gasteiger charge is 2.33. The molecule has 1 fully saturated rings. The fraction of sp³-hybridized carbons (Fsp3) is 0.438. The van der Waals surface area contributed by atoms with Gasteiger partial charge < -0.3 is 14.8 Å². The summed E-state index contributed by atoms with van der Waals surface area (Å²) in [6.45, 7) is 1.04. The van der Waals surface area contributed by atoms with Crippen molar-refractivity contribution in [3.8, 4) is 5.88 Å². The van der Waals surface area contributed by atoms with Crippen LogP contribution in [0.2, 0.25) is 0 Å². The number of carbonyl (C=O) groups is 1. The molecule has 1 saturated heterocycles. The van der Waals surface area contributed by atoms with Crippen LogP contribution in [0.15, 0.2) is 30.7 Å². The molecule has 0 aromatic carbocycles. The van der Waals surface area contributed by atoms with E-state index in [4.69, 9.17) is 9.47 Å². The fourth-order valence-corrected chi connectivity index (χ4v) is 2.85. The van der Waals surface area contributed by atoms with Gasteiger partial charge in [0.25, 0.3) is 0 Å². The highest BCUT2D eigenvalue weighted by molar-refractivity contribution is 5.79. The first kappa shape index (κ1) is 15.5. The third kappa shape index (κ3) is 3.50. The van der Waals surface area contributed by atoms with Crippen molar-refractivity contribution in [1.29, 1.82) is 0 Å². The monoisotopic (exact) mass is 316 g/mol. The van der Waals surface area contributed by atoms with Gasteiger partial charge in [0.15, 0.2) is 0 Å². The standard InChI is InChI=1S/C16H20N4O3/c1-22-16-11(4-2-6-17-16)8-18-15(21)13-5-3-7-23-14(13)12-9-19-20-10-12/h2,4,6,9-10,13-14H,3,5,7-8H2,1H3,(H,18,21)(H,19,20)/t13-,14+/m1/s1. The van der Waals surface area contributed by atoms with E-state index in [1.807, 2.05) is 12.1 Å². The molecule has 0 spiro atoms. The first-order valence-corrected chi connectivity index (χ1v) is 7.65. The summed E-state index contributed by atoms with van der Waals surface area (Å²) in [6.07, 6.45) is 6.57. The van der Waals surface area contributed by atoms with Gasteiger partial charge in [0.1, 0.15) is 0 Å². The Kier molecular flexibility index (Phi) is 4.87. The molecule has 3 heterocycles. The molecule has 0 unspecified atom stereocenters. The van der Waals surface area contributed by atoms with Crippen LogP contribution in [-0.2, 0) is 16.1 Å². The lowest BCUT2D eigenvalue weighted by molar-refractivity contribution is -0.134. The van der Waals surface area contributed by atoms with E-state index < -0.39 is 0 Å². The summed E-state index contributed by atoms with van der Waals surface area (Å²) < 4.78 is 11.0. The molecule has 0 saturated carbocycles. The second-order valence-corrected chi connectivity index (χ2v) is 5.46. The Balaban J connectivity index is 1.66. The smallest absolute Gasteiger partial charge is 0.226 e. The van der Waals surface area contributed by atoms with Gasteiger partial charge in [0.2, 0.25) is 11.8 Å². The van der Waals surface area contributed by atoms with E-state index in [-0.39, 0.29) is 17.9 Å². The largest absolute Gasteiger partial charge is 0.481 e. The zero-order valence-electron chi connectivity index (χ0n) is 13.0. The molecule has 1 aliphatic rings. The van der Waals surface area contributed by atoms with Gasteiger partial charge in [-0.1, -0.05) is 6.07 Å². The molecule has 7 heteroatoms. The molecule has 3 rings (SSSR count). The van der Waals surface area contributed by atoms with Crippen molar-refractivity contribution in [2.75, 3.05) is 13.7 Å². The zero-order chi connectivity index (χ0) is 16.1. The molecule has 0 aliphatic carbocycles. The van der Waals surface area contributed by atoms with Gasteiger partial charge in [-0.2, -0.15) is 5.10 Å². The van der Waals surface area contributed by atoms with Crippen LogP contribution < -0.4 is 10.1 Å². The Bertz CT molecular complexity index is 645. The van der Waals surface area contributed by atoms with E-state index in [0.29, 0.717) is 19.0 Å². The average molecular weight is 316 g/mol. The minimum absolute atomic E-state index is 0.0261. The third-order valence-corrected chi connectivity index (χ3v) is 4.00. The van der Waals surface area contributed by atoms with Crippen LogP contribution in [0, 0.1) is 5.92 Å². The van der Waals surface area contributed by atoms with Crippen molar-refractivity contribution in [3.05, 3.63) is 41.9 Å². The Hall–Kier alpha value is -2.41. The summed E-state index contributed by atoms with van der Waals surface area (Å²) in [5.74, 6) is 0.282. The fourth-order valence-electron chi connectivity index (χ4n) is 2.85. The average Bonchev–Trinajstić information content (AvgIpc) is 3.14. The molecule has 122 valence electrons. The maximum atomic E-state index is 12.6. The zero-order valence-corrected chi connectivity index (χ0v) is 13.0. The number of nitrogens with zero attached hydrogens (tertiary/aromatic N) is 2.